The number of ether oxygens (including phenoxy) is 3. The molecule has 0 aliphatic heterocycles. The van der Waals surface area contributed by atoms with Gasteiger partial charge in [-0.2, -0.15) is 0 Å². The lowest BCUT2D eigenvalue weighted by Gasteiger charge is -2.21. The third kappa shape index (κ3) is 5.05. The van der Waals surface area contributed by atoms with E-state index in [0.29, 0.717) is 30.2 Å². The number of rotatable bonds is 8. The fourth-order valence-electron chi connectivity index (χ4n) is 3.32. The Kier molecular flexibility index (Phi) is 7.22. The van der Waals surface area contributed by atoms with Crippen LogP contribution in [0.2, 0.25) is 0 Å². The third-order valence-electron chi connectivity index (χ3n) is 4.77. The lowest BCUT2D eigenvalue weighted by atomic mass is 9.86. The molecule has 1 amide bonds. The van der Waals surface area contributed by atoms with Gasteiger partial charge >= 0.3 is 0 Å². The van der Waals surface area contributed by atoms with Gasteiger partial charge in [-0.15, -0.1) is 0 Å². The molecule has 1 aromatic carbocycles. The fraction of sp³-hybridized carbons (Fsp3) is 0.632. The molecule has 0 spiro atoms. The Labute approximate surface area is 144 Å². The second-order valence-corrected chi connectivity index (χ2v) is 6.34. The maximum atomic E-state index is 12.1. The molecule has 0 bridgehead atoms. The Morgan fingerprint density at radius 2 is 1.62 bits per heavy atom. The van der Waals surface area contributed by atoms with Crippen LogP contribution in [0.4, 0.5) is 0 Å². The van der Waals surface area contributed by atoms with Crippen LogP contribution in [0.5, 0.6) is 17.2 Å². The molecule has 1 aliphatic rings. The molecule has 0 saturated heterocycles. The molecule has 134 valence electrons. The number of methoxy groups -OCH3 is 3. The highest BCUT2D eigenvalue weighted by Crippen LogP contribution is 2.34. The van der Waals surface area contributed by atoms with E-state index >= 15 is 0 Å². The summed E-state index contributed by atoms with van der Waals surface area (Å²) in [4.78, 5) is 12.1. The first-order valence-corrected chi connectivity index (χ1v) is 8.73. The van der Waals surface area contributed by atoms with Gasteiger partial charge in [0.2, 0.25) is 5.91 Å². The molecule has 1 aromatic rings. The van der Waals surface area contributed by atoms with Crippen molar-refractivity contribution < 1.29 is 19.0 Å². The van der Waals surface area contributed by atoms with E-state index in [1.165, 1.54) is 32.1 Å². The quantitative estimate of drug-likeness (QED) is 0.787. The molecule has 1 saturated carbocycles. The van der Waals surface area contributed by atoms with E-state index in [2.05, 4.69) is 5.32 Å². The van der Waals surface area contributed by atoms with Crippen molar-refractivity contribution in [3.05, 3.63) is 17.7 Å². The molecule has 0 radical (unpaired) electrons. The maximum absolute atomic E-state index is 12.1. The van der Waals surface area contributed by atoms with E-state index in [0.717, 1.165) is 17.9 Å². The molecule has 1 fully saturated rings. The highest BCUT2D eigenvalue weighted by molar-refractivity contribution is 5.76. The van der Waals surface area contributed by atoms with Crippen molar-refractivity contribution in [3.8, 4) is 17.2 Å². The van der Waals surface area contributed by atoms with Gasteiger partial charge in [0.1, 0.15) is 5.75 Å². The molecular formula is C19H29NO4. The Morgan fingerprint density at radius 1 is 1.00 bits per heavy atom. The summed E-state index contributed by atoms with van der Waals surface area (Å²) in [7, 11) is 4.79. The van der Waals surface area contributed by atoms with Gasteiger partial charge in [0.15, 0.2) is 11.5 Å². The number of hydrogen-bond acceptors (Lipinski definition) is 4. The lowest BCUT2D eigenvalue weighted by Crippen LogP contribution is -2.23. The van der Waals surface area contributed by atoms with Gasteiger partial charge in [-0.25, -0.2) is 0 Å². The largest absolute Gasteiger partial charge is 0.496 e. The molecule has 5 heteroatoms. The number of carbonyl (C=O) groups is 1. The molecule has 0 unspecified atom stereocenters. The standard InChI is InChI=1S/C19H29NO4/c1-22-16-12-18(24-3)17(23-2)11-15(16)13-20-19(21)10-9-14-7-5-4-6-8-14/h11-12,14H,4-10,13H2,1-3H3,(H,20,21). The highest BCUT2D eigenvalue weighted by atomic mass is 16.5. The minimum atomic E-state index is 0.0948. The zero-order chi connectivity index (χ0) is 17.4. The van der Waals surface area contributed by atoms with Crippen molar-refractivity contribution in [2.24, 2.45) is 5.92 Å². The zero-order valence-corrected chi connectivity index (χ0v) is 15.0. The molecule has 0 atom stereocenters. The first-order valence-electron chi connectivity index (χ1n) is 8.73. The molecule has 2 rings (SSSR count). The van der Waals surface area contributed by atoms with Crippen LogP contribution in [-0.2, 0) is 11.3 Å². The molecule has 0 aromatic heterocycles. The van der Waals surface area contributed by atoms with Crippen molar-refractivity contribution in [3.63, 3.8) is 0 Å². The van der Waals surface area contributed by atoms with Crippen molar-refractivity contribution in [1.29, 1.82) is 0 Å². The summed E-state index contributed by atoms with van der Waals surface area (Å²) in [5, 5.41) is 2.99. The summed E-state index contributed by atoms with van der Waals surface area (Å²) >= 11 is 0. The monoisotopic (exact) mass is 335 g/mol. The van der Waals surface area contributed by atoms with E-state index in [-0.39, 0.29) is 5.91 Å². The van der Waals surface area contributed by atoms with Crippen LogP contribution < -0.4 is 19.5 Å². The summed E-state index contributed by atoms with van der Waals surface area (Å²) in [6.45, 7) is 0.424. The predicted octanol–water partition coefficient (Wildman–Crippen LogP) is 3.69. The Morgan fingerprint density at radius 3 is 2.25 bits per heavy atom. The van der Waals surface area contributed by atoms with Gasteiger partial charge in [0, 0.05) is 24.6 Å². The number of nitrogens with one attached hydrogen (secondary N) is 1. The Hall–Kier alpha value is -1.91. The van der Waals surface area contributed by atoms with Crippen LogP contribution >= 0.6 is 0 Å². The molecule has 1 N–H and O–H groups in total. The van der Waals surface area contributed by atoms with E-state index in [4.69, 9.17) is 14.2 Å². The molecular weight excluding hydrogens is 306 g/mol. The number of carbonyl (C=O) groups excluding carboxylic acids is 1. The minimum absolute atomic E-state index is 0.0948. The second-order valence-electron chi connectivity index (χ2n) is 6.34. The summed E-state index contributed by atoms with van der Waals surface area (Å²) < 4.78 is 16.0. The summed E-state index contributed by atoms with van der Waals surface area (Å²) in [5.74, 6) is 2.74. The number of amides is 1. The Bertz CT molecular complexity index is 538. The van der Waals surface area contributed by atoms with Gasteiger partial charge in [-0.1, -0.05) is 32.1 Å². The van der Waals surface area contributed by atoms with Crippen LogP contribution in [0.1, 0.15) is 50.5 Å². The smallest absolute Gasteiger partial charge is 0.220 e. The molecule has 24 heavy (non-hydrogen) atoms. The predicted molar refractivity (Wildman–Crippen MR) is 93.8 cm³/mol. The van der Waals surface area contributed by atoms with Gasteiger partial charge in [-0.3, -0.25) is 4.79 Å². The molecule has 0 heterocycles. The van der Waals surface area contributed by atoms with Gasteiger partial charge in [0.25, 0.3) is 0 Å². The second kappa shape index (κ2) is 9.40. The van der Waals surface area contributed by atoms with Crippen molar-refractivity contribution >= 4 is 5.91 Å². The van der Waals surface area contributed by atoms with E-state index in [1.807, 2.05) is 6.07 Å². The van der Waals surface area contributed by atoms with Crippen molar-refractivity contribution in [1.82, 2.24) is 5.32 Å². The summed E-state index contributed by atoms with van der Waals surface area (Å²) in [6.07, 6.45) is 8.12. The van der Waals surface area contributed by atoms with Crippen LogP contribution in [0.3, 0.4) is 0 Å². The summed E-state index contributed by atoms with van der Waals surface area (Å²) in [6, 6.07) is 3.63. The highest BCUT2D eigenvalue weighted by Gasteiger charge is 2.16. The lowest BCUT2D eigenvalue weighted by molar-refractivity contribution is -0.121. The average Bonchev–Trinajstić information content (AvgIpc) is 2.64. The topological polar surface area (TPSA) is 56.8 Å². The van der Waals surface area contributed by atoms with Crippen LogP contribution in [0.15, 0.2) is 12.1 Å². The van der Waals surface area contributed by atoms with E-state index in [1.54, 1.807) is 27.4 Å². The van der Waals surface area contributed by atoms with Crippen LogP contribution in [0.25, 0.3) is 0 Å². The first-order chi connectivity index (χ1) is 11.7. The van der Waals surface area contributed by atoms with Crippen molar-refractivity contribution in [2.45, 2.75) is 51.5 Å². The maximum Gasteiger partial charge on any atom is 0.220 e. The molecule has 1 aliphatic carbocycles. The van der Waals surface area contributed by atoms with Gasteiger partial charge < -0.3 is 19.5 Å². The van der Waals surface area contributed by atoms with Crippen molar-refractivity contribution in [2.75, 3.05) is 21.3 Å². The average molecular weight is 335 g/mol. The van der Waals surface area contributed by atoms with E-state index < -0.39 is 0 Å². The number of benzene rings is 1. The zero-order valence-electron chi connectivity index (χ0n) is 15.0. The SMILES string of the molecule is COc1cc(OC)c(OC)cc1CNC(=O)CCC1CCCCC1. The normalized spacial score (nSPS) is 15.0. The van der Waals surface area contributed by atoms with E-state index in [9.17, 15) is 4.79 Å². The minimum Gasteiger partial charge on any atom is -0.496 e. The first kappa shape index (κ1) is 18.4. The van der Waals surface area contributed by atoms with Crippen LogP contribution in [0, 0.1) is 5.92 Å². The fourth-order valence-corrected chi connectivity index (χ4v) is 3.32. The number of hydrogen-bond donors (Lipinski definition) is 1. The summed E-state index contributed by atoms with van der Waals surface area (Å²) in [5.41, 5.74) is 0.876. The third-order valence-corrected chi connectivity index (χ3v) is 4.77. The molecule has 5 nitrogen and oxygen atoms in total. The van der Waals surface area contributed by atoms with Gasteiger partial charge in [0.05, 0.1) is 21.3 Å². The van der Waals surface area contributed by atoms with Crippen LogP contribution in [-0.4, -0.2) is 27.2 Å². The van der Waals surface area contributed by atoms with Gasteiger partial charge in [-0.05, 0) is 18.4 Å². The Balaban J connectivity index is 1.89.